The Morgan fingerprint density at radius 3 is 2.07 bits per heavy atom. The summed E-state index contributed by atoms with van der Waals surface area (Å²) in [5.41, 5.74) is 4.52. The monoisotopic (exact) mass is 356 g/mol. The Balaban J connectivity index is 1.81. The molecule has 0 saturated heterocycles. The quantitative estimate of drug-likeness (QED) is 0.553. The van der Waals surface area contributed by atoms with E-state index in [1.807, 2.05) is 85.1 Å². The van der Waals surface area contributed by atoms with E-state index in [0.717, 1.165) is 27.8 Å². The van der Waals surface area contributed by atoms with Crippen molar-refractivity contribution in [3.05, 3.63) is 88.1 Å². The number of para-hydroxylation sites is 2. The highest BCUT2D eigenvalue weighted by Crippen LogP contribution is 2.21. The summed E-state index contributed by atoms with van der Waals surface area (Å²) in [5, 5.41) is 4.25. The van der Waals surface area contributed by atoms with Gasteiger partial charge in [0.2, 0.25) is 5.91 Å². The Morgan fingerprint density at radius 1 is 0.852 bits per heavy atom. The minimum Gasteiger partial charge on any atom is -0.331 e. The van der Waals surface area contributed by atoms with Crippen molar-refractivity contribution < 1.29 is 4.79 Å². The molecule has 0 fully saturated rings. The number of benzene rings is 3. The number of amides is 1. The van der Waals surface area contributed by atoms with Gasteiger partial charge in [-0.3, -0.25) is 9.59 Å². The van der Waals surface area contributed by atoms with Gasteiger partial charge in [0, 0.05) is 16.5 Å². The van der Waals surface area contributed by atoms with Crippen LogP contribution in [0.2, 0.25) is 0 Å². The molecule has 134 valence electrons. The van der Waals surface area contributed by atoms with Crippen LogP contribution in [0.1, 0.15) is 11.1 Å². The second-order valence-corrected chi connectivity index (χ2v) is 6.75. The van der Waals surface area contributed by atoms with Gasteiger partial charge in [-0.2, -0.15) is 0 Å². The molecule has 1 amide bonds. The zero-order valence-corrected chi connectivity index (χ0v) is 15.3. The zero-order valence-electron chi connectivity index (χ0n) is 15.3. The van der Waals surface area contributed by atoms with Crippen LogP contribution in [-0.4, -0.2) is 10.5 Å². The smallest absolute Gasteiger partial charge is 0.244 e. The van der Waals surface area contributed by atoms with Crippen LogP contribution in [0.3, 0.4) is 0 Å². The van der Waals surface area contributed by atoms with Crippen LogP contribution < -0.4 is 10.7 Å². The van der Waals surface area contributed by atoms with E-state index in [1.165, 1.54) is 0 Å². The molecule has 0 saturated carbocycles. The highest BCUT2D eigenvalue weighted by molar-refractivity contribution is 5.97. The predicted octanol–water partition coefficient (Wildman–Crippen LogP) is 4.41. The first-order valence-electron chi connectivity index (χ1n) is 8.92. The van der Waals surface area contributed by atoms with Crippen molar-refractivity contribution in [2.45, 2.75) is 20.4 Å². The standard InChI is InChI=1S/C23H20N2O2/c1-15-8-7-11-19(16(15)2)24-22(26)14-25-20-12-5-3-9-17(20)23(27)18-10-4-6-13-21(18)25/h3-13H,14H2,1-2H3,(H,24,26). The van der Waals surface area contributed by atoms with E-state index in [1.54, 1.807) is 0 Å². The summed E-state index contributed by atoms with van der Waals surface area (Å²) in [5.74, 6) is -0.123. The first-order valence-corrected chi connectivity index (χ1v) is 8.92. The van der Waals surface area contributed by atoms with Crippen LogP contribution >= 0.6 is 0 Å². The Hall–Kier alpha value is -3.40. The van der Waals surface area contributed by atoms with Crippen molar-refractivity contribution in [3.63, 3.8) is 0 Å². The van der Waals surface area contributed by atoms with Gasteiger partial charge in [-0.15, -0.1) is 0 Å². The van der Waals surface area contributed by atoms with Crippen LogP contribution in [0, 0.1) is 13.8 Å². The van der Waals surface area contributed by atoms with E-state index in [4.69, 9.17) is 0 Å². The Labute approximate surface area is 157 Å². The molecule has 4 aromatic rings. The van der Waals surface area contributed by atoms with Crippen LogP contribution in [0.4, 0.5) is 5.69 Å². The maximum absolute atomic E-state index is 12.8. The third-order valence-electron chi connectivity index (χ3n) is 5.06. The van der Waals surface area contributed by atoms with Crippen LogP contribution in [0.5, 0.6) is 0 Å². The number of carbonyl (C=O) groups excluding carboxylic acids is 1. The van der Waals surface area contributed by atoms with Crippen molar-refractivity contribution in [2.75, 3.05) is 5.32 Å². The van der Waals surface area contributed by atoms with Gasteiger partial charge >= 0.3 is 0 Å². The maximum atomic E-state index is 12.8. The molecule has 0 spiro atoms. The molecule has 1 heterocycles. The predicted molar refractivity (Wildman–Crippen MR) is 110 cm³/mol. The Kier molecular flexibility index (Phi) is 4.24. The fourth-order valence-electron chi connectivity index (χ4n) is 3.47. The molecule has 0 radical (unpaired) electrons. The van der Waals surface area contributed by atoms with Crippen molar-refractivity contribution in [2.24, 2.45) is 0 Å². The van der Waals surface area contributed by atoms with Gasteiger partial charge in [0.15, 0.2) is 5.43 Å². The largest absolute Gasteiger partial charge is 0.331 e. The molecule has 0 aliphatic carbocycles. The first kappa shape index (κ1) is 17.0. The molecular formula is C23H20N2O2. The summed E-state index contributed by atoms with van der Waals surface area (Å²) in [6.07, 6.45) is 0. The summed E-state index contributed by atoms with van der Waals surface area (Å²) >= 11 is 0. The summed E-state index contributed by atoms with van der Waals surface area (Å²) in [6.45, 7) is 4.15. The number of nitrogens with zero attached hydrogens (tertiary/aromatic N) is 1. The number of carbonyl (C=O) groups is 1. The lowest BCUT2D eigenvalue weighted by atomic mass is 10.1. The number of aromatic nitrogens is 1. The van der Waals surface area contributed by atoms with Gasteiger partial charge in [0.1, 0.15) is 6.54 Å². The number of rotatable bonds is 3. The molecule has 0 aliphatic heterocycles. The van der Waals surface area contributed by atoms with Gasteiger partial charge in [-0.25, -0.2) is 0 Å². The lowest BCUT2D eigenvalue weighted by Crippen LogP contribution is -2.22. The molecule has 0 aliphatic rings. The van der Waals surface area contributed by atoms with E-state index in [9.17, 15) is 9.59 Å². The number of nitrogens with one attached hydrogen (secondary N) is 1. The van der Waals surface area contributed by atoms with Gasteiger partial charge in [-0.1, -0.05) is 36.4 Å². The molecule has 4 heteroatoms. The van der Waals surface area contributed by atoms with E-state index in [2.05, 4.69) is 5.32 Å². The molecule has 1 N–H and O–H groups in total. The second kappa shape index (κ2) is 6.72. The highest BCUT2D eigenvalue weighted by Gasteiger charge is 2.13. The fraction of sp³-hybridized carbons (Fsp3) is 0.130. The first-order chi connectivity index (χ1) is 13.1. The molecule has 3 aromatic carbocycles. The number of anilines is 1. The number of hydrogen-bond acceptors (Lipinski definition) is 2. The molecule has 4 rings (SSSR count). The fourth-order valence-corrected chi connectivity index (χ4v) is 3.47. The van der Waals surface area contributed by atoms with Crippen molar-refractivity contribution in [1.29, 1.82) is 0 Å². The summed E-state index contributed by atoms with van der Waals surface area (Å²) in [7, 11) is 0. The number of hydrogen-bond donors (Lipinski definition) is 1. The molecule has 4 nitrogen and oxygen atoms in total. The molecule has 0 unspecified atom stereocenters. The van der Waals surface area contributed by atoms with Gasteiger partial charge in [-0.05, 0) is 55.3 Å². The third kappa shape index (κ3) is 2.99. The number of fused-ring (bicyclic) bond motifs is 2. The average molecular weight is 356 g/mol. The number of pyridine rings is 1. The summed E-state index contributed by atoms with van der Waals surface area (Å²) in [4.78, 5) is 25.6. The van der Waals surface area contributed by atoms with Crippen molar-refractivity contribution >= 4 is 33.4 Å². The maximum Gasteiger partial charge on any atom is 0.244 e. The van der Waals surface area contributed by atoms with E-state index < -0.39 is 0 Å². The molecule has 1 aromatic heterocycles. The second-order valence-electron chi connectivity index (χ2n) is 6.75. The van der Waals surface area contributed by atoms with Crippen LogP contribution in [-0.2, 0) is 11.3 Å². The molecular weight excluding hydrogens is 336 g/mol. The Bertz CT molecular complexity index is 1180. The third-order valence-corrected chi connectivity index (χ3v) is 5.06. The SMILES string of the molecule is Cc1cccc(NC(=O)Cn2c3ccccc3c(=O)c3ccccc32)c1C. The lowest BCUT2D eigenvalue weighted by Gasteiger charge is -2.16. The average Bonchev–Trinajstić information content (AvgIpc) is 2.69. The summed E-state index contributed by atoms with van der Waals surface area (Å²) in [6, 6.07) is 20.7. The van der Waals surface area contributed by atoms with E-state index in [0.29, 0.717) is 10.8 Å². The van der Waals surface area contributed by atoms with E-state index >= 15 is 0 Å². The van der Waals surface area contributed by atoms with Crippen LogP contribution in [0.25, 0.3) is 21.8 Å². The molecule has 0 atom stereocenters. The Morgan fingerprint density at radius 2 is 1.44 bits per heavy atom. The highest BCUT2D eigenvalue weighted by atomic mass is 16.2. The minimum atomic E-state index is -0.123. The van der Waals surface area contributed by atoms with Crippen LogP contribution in [0.15, 0.2) is 71.5 Å². The van der Waals surface area contributed by atoms with Crippen molar-refractivity contribution in [3.8, 4) is 0 Å². The zero-order chi connectivity index (χ0) is 19.0. The topological polar surface area (TPSA) is 51.1 Å². The van der Waals surface area contributed by atoms with Gasteiger partial charge in [0.25, 0.3) is 0 Å². The molecule has 0 bridgehead atoms. The number of aryl methyl sites for hydroxylation is 1. The van der Waals surface area contributed by atoms with Gasteiger partial charge < -0.3 is 9.88 Å². The van der Waals surface area contributed by atoms with E-state index in [-0.39, 0.29) is 17.9 Å². The normalized spacial score (nSPS) is 11.0. The van der Waals surface area contributed by atoms with Crippen molar-refractivity contribution in [1.82, 2.24) is 4.57 Å². The summed E-state index contributed by atoms with van der Waals surface area (Å²) < 4.78 is 1.91. The lowest BCUT2D eigenvalue weighted by molar-refractivity contribution is -0.116. The molecule has 27 heavy (non-hydrogen) atoms. The minimum absolute atomic E-state index is 0.00705. The van der Waals surface area contributed by atoms with Gasteiger partial charge in [0.05, 0.1) is 11.0 Å².